The molecular weight excluding hydrogens is 710 g/mol. The van der Waals surface area contributed by atoms with Crippen molar-refractivity contribution in [2.45, 2.75) is 115 Å². The molecule has 0 N–H and O–H groups in total. The van der Waals surface area contributed by atoms with E-state index in [4.69, 9.17) is 0 Å². The minimum Gasteiger partial charge on any atom is -0.517 e. The Kier molecular flexibility index (Phi) is 12.9. The van der Waals surface area contributed by atoms with Crippen LogP contribution in [-0.2, 0) is 20.1 Å². The molecule has 0 amide bonds. The van der Waals surface area contributed by atoms with Gasteiger partial charge < -0.3 is 13.3 Å². The van der Waals surface area contributed by atoms with E-state index >= 15 is 0 Å². The topological polar surface area (TPSA) is 18.5 Å². The zero-order chi connectivity index (χ0) is 37.9. The van der Waals surface area contributed by atoms with E-state index in [9.17, 15) is 52.7 Å². The standard InChI is InChI=1S/C18H8F12O2Si.C16H36N/c19-15(20,21)13(16(22,23)24)9-5-1-3-7-11(9)33(31-13)12-8-4-2-6-10(12)14(32-33,17(25,26)27)18(28,29)30;1-5-9-13-17(14-10-6-2,15-11-7-3)16-12-8-4/h1-8H;5-16H2,1-4H3/q-1;+1. The molecule has 50 heavy (non-hydrogen) atoms. The number of rotatable bonds is 12. The third-order valence-corrected chi connectivity index (χ3v) is 12.9. The minimum absolute atomic E-state index is 0.297. The Morgan fingerprint density at radius 1 is 0.480 bits per heavy atom. The van der Waals surface area contributed by atoms with Gasteiger partial charge in [-0.3, -0.25) is 0 Å². The van der Waals surface area contributed by atoms with Crippen LogP contribution in [0, 0.1) is 0 Å². The van der Waals surface area contributed by atoms with E-state index in [1.165, 1.54) is 82.0 Å². The van der Waals surface area contributed by atoms with Gasteiger partial charge in [0.2, 0.25) is 11.2 Å². The van der Waals surface area contributed by atoms with Crippen molar-refractivity contribution < 1.29 is 66.0 Å². The molecule has 3 nitrogen and oxygen atoms in total. The second-order valence-electron chi connectivity index (χ2n) is 12.9. The maximum absolute atomic E-state index is 13.9. The van der Waals surface area contributed by atoms with Crippen molar-refractivity contribution in [3.63, 3.8) is 0 Å². The number of quaternary nitrogens is 1. The molecule has 0 atom stereocenters. The van der Waals surface area contributed by atoms with Crippen molar-refractivity contribution in [1.29, 1.82) is 0 Å². The van der Waals surface area contributed by atoms with Crippen molar-refractivity contribution >= 4 is 18.9 Å². The molecule has 1 spiro atoms. The average Bonchev–Trinajstić information content (AvgIpc) is 3.53. The molecule has 16 heteroatoms. The molecule has 0 saturated carbocycles. The number of benzene rings is 2. The number of fused-ring (bicyclic) bond motifs is 4. The van der Waals surface area contributed by atoms with E-state index < -0.39 is 66.0 Å². The maximum atomic E-state index is 13.9. The highest BCUT2D eigenvalue weighted by atomic mass is 28.4. The van der Waals surface area contributed by atoms with Crippen LogP contribution in [0.3, 0.4) is 0 Å². The number of unbranched alkanes of at least 4 members (excludes halogenated alkanes) is 4. The Bertz CT molecular complexity index is 1250. The van der Waals surface area contributed by atoms with Gasteiger partial charge in [0.1, 0.15) is 0 Å². The van der Waals surface area contributed by atoms with Crippen molar-refractivity contribution in [2.75, 3.05) is 26.2 Å². The Morgan fingerprint density at radius 2 is 0.740 bits per heavy atom. The van der Waals surface area contributed by atoms with Crippen LogP contribution < -0.4 is 10.4 Å². The van der Waals surface area contributed by atoms with E-state index in [-0.39, 0.29) is 0 Å². The van der Waals surface area contributed by atoms with Gasteiger partial charge >= 0.3 is 24.7 Å². The van der Waals surface area contributed by atoms with Gasteiger partial charge in [-0.2, -0.15) is 52.7 Å². The van der Waals surface area contributed by atoms with Crippen LogP contribution in [0.5, 0.6) is 0 Å². The maximum Gasteiger partial charge on any atom is 0.427 e. The molecule has 0 bridgehead atoms. The predicted molar refractivity (Wildman–Crippen MR) is 167 cm³/mol. The second-order valence-corrected chi connectivity index (χ2v) is 15.6. The predicted octanol–water partition coefficient (Wildman–Crippen LogP) is 9.95. The lowest BCUT2D eigenvalue weighted by atomic mass is 9.92. The molecular formula is C34H44F12NO2Si. The SMILES string of the molecule is CCCC[N+](CCCC)(CCCC)CCCC.FC(F)(F)C1(C(F)(F)F)O[Si-]2(OC(C(F)(F)F)(C(F)(F)F)c3ccccc32)c2ccccc21. The lowest BCUT2D eigenvalue weighted by Gasteiger charge is -2.46. The monoisotopic (exact) mass is 754 g/mol. The fourth-order valence-corrected chi connectivity index (χ4v) is 11.1. The Morgan fingerprint density at radius 3 is 0.980 bits per heavy atom. The quantitative estimate of drug-likeness (QED) is 0.122. The molecule has 0 radical (unpaired) electrons. The number of alkyl halides is 12. The summed E-state index contributed by atoms with van der Waals surface area (Å²) in [5.74, 6) is 0. The number of hydrogen-bond acceptors (Lipinski definition) is 2. The number of nitrogens with zero attached hydrogens (tertiary/aromatic N) is 1. The number of halogens is 12. The summed E-state index contributed by atoms with van der Waals surface area (Å²) < 4.78 is 178. The molecule has 4 rings (SSSR count). The highest BCUT2D eigenvalue weighted by molar-refractivity contribution is 6.94. The van der Waals surface area contributed by atoms with Crippen molar-refractivity contribution in [3.05, 3.63) is 59.7 Å². The Balaban J connectivity index is 0.000000338. The van der Waals surface area contributed by atoms with Gasteiger partial charge in [-0.25, -0.2) is 0 Å². The summed E-state index contributed by atoms with van der Waals surface area (Å²) in [6.45, 7) is 15.0. The first-order valence-corrected chi connectivity index (χ1v) is 18.6. The van der Waals surface area contributed by atoms with Gasteiger partial charge in [-0.05, 0) is 36.8 Å². The average molecular weight is 755 g/mol. The largest absolute Gasteiger partial charge is 0.517 e. The van der Waals surface area contributed by atoms with Crippen LogP contribution in [0.2, 0.25) is 0 Å². The summed E-state index contributed by atoms with van der Waals surface area (Å²) in [6, 6.07) is 4.89. The van der Waals surface area contributed by atoms with Crippen LogP contribution >= 0.6 is 0 Å². The fraction of sp³-hybridized carbons (Fsp3) is 0.647. The highest BCUT2D eigenvalue weighted by Crippen LogP contribution is 2.62. The molecule has 285 valence electrons. The molecule has 0 fully saturated rings. The first-order chi connectivity index (χ1) is 23.1. The first-order valence-electron chi connectivity index (χ1n) is 16.8. The van der Waals surface area contributed by atoms with E-state index in [1.54, 1.807) is 0 Å². The molecule has 2 heterocycles. The summed E-state index contributed by atoms with van der Waals surface area (Å²) >= 11 is 0. The first kappa shape index (κ1) is 42.1. The lowest BCUT2D eigenvalue weighted by molar-refractivity contribution is -0.929. The molecule has 0 aromatic heterocycles. The molecule has 2 aromatic rings. The van der Waals surface area contributed by atoms with E-state index in [2.05, 4.69) is 36.5 Å². The van der Waals surface area contributed by atoms with Gasteiger partial charge in [-0.1, -0.05) is 102 Å². The normalized spacial score (nSPS) is 18.1. The smallest absolute Gasteiger partial charge is 0.427 e. The van der Waals surface area contributed by atoms with Crippen molar-refractivity contribution in [2.24, 2.45) is 0 Å². The van der Waals surface area contributed by atoms with Crippen molar-refractivity contribution in [1.82, 2.24) is 0 Å². The zero-order valence-corrected chi connectivity index (χ0v) is 29.4. The Hall–Kier alpha value is -2.30. The van der Waals surface area contributed by atoms with Gasteiger partial charge in [0.05, 0.1) is 26.2 Å². The van der Waals surface area contributed by atoms with Gasteiger partial charge in [0.25, 0.3) is 0 Å². The summed E-state index contributed by atoms with van der Waals surface area (Å²) in [4.78, 5) is 0. The highest BCUT2D eigenvalue weighted by Gasteiger charge is 2.81. The van der Waals surface area contributed by atoms with Crippen molar-refractivity contribution in [3.8, 4) is 0 Å². The summed E-state index contributed by atoms with van der Waals surface area (Å²) in [5, 5.41) is -2.30. The van der Waals surface area contributed by atoms with Crippen LogP contribution in [0.25, 0.3) is 0 Å². The fourth-order valence-electron chi connectivity index (χ4n) is 6.89. The minimum atomic E-state index is -6.31. The van der Waals surface area contributed by atoms with Crippen LogP contribution in [0.1, 0.15) is 90.2 Å². The van der Waals surface area contributed by atoms with Gasteiger partial charge in [0, 0.05) is 0 Å². The Labute approximate surface area is 285 Å². The summed E-state index contributed by atoms with van der Waals surface area (Å²) in [5.41, 5.74) is -13.8. The molecule has 0 unspecified atom stereocenters. The van der Waals surface area contributed by atoms with E-state index in [0.29, 0.717) is 24.3 Å². The van der Waals surface area contributed by atoms with E-state index in [0.717, 1.165) is 24.3 Å². The third-order valence-electron chi connectivity index (χ3n) is 9.46. The molecule has 0 saturated heterocycles. The van der Waals surface area contributed by atoms with E-state index in [1.807, 2.05) is 0 Å². The van der Waals surface area contributed by atoms with Gasteiger partial charge in [-0.15, -0.1) is 10.4 Å². The molecule has 2 aliphatic heterocycles. The molecule has 2 aliphatic rings. The summed E-state index contributed by atoms with van der Waals surface area (Å²) in [6.07, 6.45) is -14.2. The summed E-state index contributed by atoms with van der Waals surface area (Å²) in [7, 11) is -5.90. The van der Waals surface area contributed by atoms with Gasteiger partial charge in [0.15, 0.2) is 8.56 Å². The van der Waals surface area contributed by atoms with Crippen LogP contribution in [-0.4, -0.2) is 63.9 Å². The molecule has 0 aliphatic carbocycles. The molecule has 2 aromatic carbocycles. The van der Waals surface area contributed by atoms with Crippen LogP contribution in [0.15, 0.2) is 48.5 Å². The lowest BCUT2D eigenvalue weighted by Crippen LogP contribution is -2.64. The third kappa shape index (κ3) is 7.32. The second kappa shape index (κ2) is 15.4. The zero-order valence-electron chi connectivity index (χ0n) is 28.4. The van der Waals surface area contributed by atoms with Crippen LogP contribution in [0.4, 0.5) is 52.7 Å². The number of hydrogen-bond donors (Lipinski definition) is 0.